The van der Waals surface area contributed by atoms with Gasteiger partial charge in [-0.3, -0.25) is 4.90 Å². The van der Waals surface area contributed by atoms with E-state index >= 15 is 0 Å². The molecule has 0 aromatic heterocycles. The van der Waals surface area contributed by atoms with Crippen molar-refractivity contribution in [2.45, 2.75) is 34.1 Å². The smallest absolute Gasteiger partial charge is 0.415 e. The van der Waals surface area contributed by atoms with Crippen molar-refractivity contribution >= 4 is 31.5 Å². The summed E-state index contributed by atoms with van der Waals surface area (Å²) in [5.41, 5.74) is 1.32. The average Bonchev–Trinajstić information content (AvgIpc) is 3.05. The van der Waals surface area contributed by atoms with Crippen LogP contribution in [-0.4, -0.2) is 52.5 Å². The fraction of sp³-hybridized carbons (Fsp3) is 0.171. The third-order valence-electron chi connectivity index (χ3n) is 7.15. The van der Waals surface area contributed by atoms with E-state index in [-0.39, 0.29) is 27.6 Å². The first-order valence-corrected chi connectivity index (χ1v) is 17.2. The summed E-state index contributed by atoms with van der Waals surface area (Å²) in [5, 5.41) is 10.3. The highest BCUT2D eigenvalue weighted by atomic mass is 32.2. The number of benzene rings is 4. The Hall–Kier alpha value is -4.87. The Kier molecular flexibility index (Phi) is 9.40. The van der Waals surface area contributed by atoms with Crippen LogP contribution in [0.15, 0.2) is 119 Å². The van der Waals surface area contributed by atoms with Gasteiger partial charge in [-0.25, -0.2) is 21.6 Å². The first-order valence-electron chi connectivity index (χ1n) is 14.0. The van der Waals surface area contributed by atoms with Crippen LogP contribution < -0.4 is 4.90 Å². The van der Waals surface area contributed by atoms with Crippen molar-refractivity contribution in [2.24, 2.45) is 0 Å². The standard InChI is InChI=1S/C35H29NO7S2/c1-2-43-35(38)36-31-22-12-11-21-30(31)34(45(41,42)29-19-7-4-8-20-29)33(37)32(36)24-23-27-15-10-9-14-26(27)16-13-25-44(39,40)28-17-5-3-6-18-28/h3-12,14-15,17-22,32-34,37H,2,25H2,1H3/t32?,33-,34-/m1/s1. The molecule has 4 aromatic carbocycles. The van der Waals surface area contributed by atoms with Gasteiger partial charge in [-0.2, -0.15) is 0 Å². The van der Waals surface area contributed by atoms with Gasteiger partial charge in [0.1, 0.15) is 23.1 Å². The van der Waals surface area contributed by atoms with Gasteiger partial charge in [-0.05, 0) is 55.0 Å². The third kappa shape index (κ3) is 6.64. The first-order chi connectivity index (χ1) is 21.6. The molecule has 0 aliphatic carbocycles. The number of hydrogen-bond donors (Lipinski definition) is 1. The fourth-order valence-electron chi connectivity index (χ4n) is 5.05. The van der Waals surface area contributed by atoms with Crippen LogP contribution in [0.2, 0.25) is 0 Å². The summed E-state index contributed by atoms with van der Waals surface area (Å²) >= 11 is 0. The van der Waals surface area contributed by atoms with Gasteiger partial charge in [0, 0.05) is 11.1 Å². The number of para-hydroxylation sites is 1. The first kappa shape index (κ1) is 31.6. The molecule has 228 valence electrons. The largest absolute Gasteiger partial charge is 0.449 e. The van der Waals surface area contributed by atoms with Crippen molar-refractivity contribution in [3.63, 3.8) is 0 Å². The molecule has 1 aliphatic heterocycles. The van der Waals surface area contributed by atoms with E-state index in [2.05, 4.69) is 23.7 Å². The highest BCUT2D eigenvalue weighted by Gasteiger charge is 2.48. The summed E-state index contributed by atoms with van der Waals surface area (Å²) < 4.78 is 58.5. The zero-order chi connectivity index (χ0) is 32.0. The summed E-state index contributed by atoms with van der Waals surface area (Å²) in [6, 6.07) is 27.7. The maximum absolute atomic E-state index is 13.9. The summed E-state index contributed by atoms with van der Waals surface area (Å²) in [6.07, 6.45) is -2.45. The SMILES string of the molecule is CCOC(=O)N1c2ccccc2[C@@H](S(=O)(=O)c2ccccc2)[C@H](O)C1C#Cc1ccccc1C#CCS(=O)(=O)c1ccccc1. The molecule has 0 saturated carbocycles. The molecular formula is C35H29NO7S2. The second-order valence-corrected chi connectivity index (χ2v) is 14.1. The molecule has 0 saturated heterocycles. The van der Waals surface area contributed by atoms with E-state index in [1.807, 2.05) is 0 Å². The number of anilines is 1. The van der Waals surface area contributed by atoms with Crippen LogP contribution in [0, 0.1) is 23.7 Å². The van der Waals surface area contributed by atoms with Crippen molar-refractivity contribution in [2.75, 3.05) is 17.3 Å². The van der Waals surface area contributed by atoms with E-state index in [1.54, 1.807) is 91.9 Å². The summed E-state index contributed by atoms with van der Waals surface area (Å²) in [5.74, 6) is 11.0. The number of carbonyl (C=O) groups is 1. The molecule has 10 heteroatoms. The Morgan fingerprint density at radius 2 is 1.33 bits per heavy atom. The number of amides is 1. The summed E-state index contributed by atoms with van der Waals surface area (Å²) in [6.45, 7) is 1.68. The second kappa shape index (κ2) is 13.4. The number of aliphatic hydroxyl groups is 1. The summed E-state index contributed by atoms with van der Waals surface area (Å²) in [7, 11) is -7.77. The van der Waals surface area contributed by atoms with E-state index in [1.165, 1.54) is 29.2 Å². The van der Waals surface area contributed by atoms with Crippen molar-refractivity contribution in [1.82, 2.24) is 0 Å². The van der Waals surface area contributed by atoms with Gasteiger partial charge in [-0.1, -0.05) is 90.4 Å². The highest BCUT2D eigenvalue weighted by Crippen LogP contribution is 2.44. The van der Waals surface area contributed by atoms with Crippen LogP contribution in [0.1, 0.15) is 28.9 Å². The quantitative estimate of drug-likeness (QED) is 0.312. The minimum absolute atomic E-state index is 0.0196. The number of nitrogens with zero attached hydrogens (tertiary/aromatic N) is 1. The molecule has 4 aromatic rings. The molecule has 1 heterocycles. The van der Waals surface area contributed by atoms with Crippen LogP contribution in [0.5, 0.6) is 0 Å². The lowest BCUT2D eigenvalue weighted by molar-refractivity contribution is 0.127. The van der Waals surface area contributed by atoms with Gasteiger partial charge in [-0.15, -0.1) is 0 Å². The van der Waals surface area contributed by atoms with Gasteiger partial charge in [0.25, 0.3) is 0 Å². The van der Waals surface area contributed by atoms with Crippen molar-refractivity contribution in [3.8, 4) is 23.7 Å². The lowest BCUT2D eigenvalue weighted by Gasteiger charge is -2.40. The van der Waals surface area contributed by atoms with Crippen LogP contribution in [-0.2, 0) is 24.4 Å². The van der Waals surface area contributed by atoms with Crippen molar-refractivity contribution < 1.29 is 31.5 Å². The number of fused-ring (bicyclic) bond motifs is 1. The molecular weight excluding hydrogens is 611 g/mol. The molecule has 1 unspecified atom stereocenters. The highest BCUT2D eigenvalue weighted by molar-refractivity contribution is 7.92. The topological polar surface area (TPSA) is 118 Å². The zero-order valence-electron chi connectivity index (χ0n) is 24.2. The minimum Gasteiger partial charge on any atom is -0.449 e. The van der Waals surface area contributed by atoms with Gasteiger partial charge >= 0.3 is 6.09 Å². The number of sulfone groups is 2. The number of ether oxygens (including phenoxy) is 1. The predicted octanol–water partition coefficient (Wildman–Crippen LogP) is 4.78. The molecule has 3 atom stereocenters. The van der Waals surface area contributed by atoms with E-state index in [0.717, 1.165) is 0 Å². The van der Waals surface area contributed by atoms with E-state index in [9.17, 15) is 26.7 Å². The van der Waals surface area contributed by atoms with Gasteiger partial charge in [0.05, 0.1) is 22.1 Å². The van der Waals surface area contributed by atoms with Crippen molar-refractivity contribution in [1.29, 1.82) is 0 Å². The van der Waals surface area contributed by atoms with Crippen LogP contribution in [0.3, 0.4) is 0 Å². The Morgan fingerprint density at radius 3 is 1.98 bits per heavy atom. The number of aliphatic hydroxyl groups excluding tert-OH is 1. The molecule has 1 N–H and O–H groups in total. The van der Waals surface area contributed by atoms with Crippen molar-refractivity contribution in [3.05, 3.63) is 126 Å². The lowest BCUT2D eigenvalue weighted by atomic mass is 9.92. The normalized spacial score (nSPS) is 17.6. The Bertz CT molecular complexity index is 2040. The number of hydrogen-bond acceptors (Lipinski definition) is 7. The number of rotatable bonds is 5. The van der Waals surface area contributed by atoms with Crippen LogP contribution in [0.4, 0.5) is 10.5 Å². The minimum atomic E-state index is -4.13. The molecule has 1 aliphatic rings. The molecule has 0 bridgehead atoms. The molecule has 0 spiro atoms. The molecule has 0 radical (unpaired) electrons. The average molecular weight is 640 g/mol. The van der Waals surface area contributed by atoms with Gasteiger partial charge in [0.2, 0.25) is 0 Å². The predicted molar refractivity (Wildman–Crippen MR) is 171 cm³/mol. The Morgan fingerprint density at radius 1 is 0.778 bits per heavy atom. The maximum Gasteiger partial charge on any atom is 0.415 e. The van der Waals surface area contributed by atoms with Crippen LogP contribution >= 0.6 is 0 Å². The third-order valence-corrected chi connectivity index (χ3v) is 10.8. The maximum atomic E-state index is 13.9. The summed E-state index contributed by atoms with van der Waals surface area (Å²) in [4.78, 5) is 14.6. The number of carbonyl (C=O) groups excluding carboxylic acids is 1. The van der Waals surface area contributed by atoms with E-state index < -0.39 is 48.9 Å². The second-order valence-electron chi connectivity index (χ2n) is 10.0. The van der Waals surface area contributed by atoms with E-state index in [0.29, 0.717) is 11.1 Å². The molecule has 1 amide bonds. The molecule has 45 heavy (non-hydrogen) atoms. The Balaban J connectivity index is 1.57. The molecule has 5 rings (SSSR count). The monoisotopic (exact) mass is 639 g/mol. The van der Waals surface area contributed by atoms with Gasteiger partial charge < -0.3 is 9.84 Å². The lowest BCUT2D eigenvalue weighted by Crippen LogP contribution is -2.54. The molecule has 0 fully saturated rings. The fourth-order valence-corrected chi connectivity index (χ4v) is 7.93. The van der Waals surface area contributed by atoms with Crippen LogP contribution in [0.25, 0.3) is 0 Å². The Labute approximate surface area is 263 Å². The molecule has 8 nitrogen and oxygen atoms in total. The van der Waals surface area contributed by atoms with Gasteiger partial charge in [0.15, 0.2) is 19.7 Å². The van der Waals surface area contributed by atoms with E-state index in [4.69, 9.17) is 4.74 Å². The zero-order valence-corrected chi connectivity index (χ0v) is 25.8.